The molecule has 0 fully saturated rings. The average molecular weight is 247 g/mol. The lowest BCUT2D eigenvalue weighted by Gasteiger charge is -2.33. The van der Waals surface area contributed by atoms with E-state index in [2.05, 4.69) is 25.8 Å². The molecule has 1 aromatic rings. The van der Waals surface area contributed by atoms with Crippen LogP contribution < -0.4 is 5.73 Å². The maximum Gasteiger partial charge on any atom is 0.180 e. The average Bonchev–Trinajstić information content (AvgIpc) is 2.41. The summed E-state index contributed by atoms with van der Waals surface area (Å²) >= 11 is 1.68. The Balaban J connectivity index is 0.00000112. The first-order valence-corrected chi connectivity index (χ1v) is 6.02. The molecule has 1 aliphatic rings. The number of rotatable bonds is 0. The highest BCUT2D eigenvalue weighted by Gasteiger charge is 2.30. The molecule has 1 atom stereocenters. The van der Waals surface area contributed by atoms with Crippen molar-refractivity contribution in [3.05, 3.63) is 10.6 Å². The third kappa shape index (κ3) is 2.64. The fraction of sp³-hybridized carbons (Fsp3) is 0.727. The highest BCUT2D eigenvalue weighted by molar-refractivity contribution is 7.15. The van der Waals surface area contributed by atoms with E-state index in [0.29, 0.717) is 5.41 Å². The molecule has 0 aliphatic heterocycles. The molecule has 1 heterocycles. The van der Waals surface area contributed by atoms with Gasteiger partial charge in [-0.1, -0.05) is 20.8 Å². The fourth-order valence-corrected chi connectivity index (χ4v) is 3.09. The lowest BCUT2D eigenvalue weighted by Crippen LogP contribution is -2.26. The van der Waals surface area contributed by atoms with Crippen molar-refractivity contribution in [2.45, 2.75) is 40.0 Å². The van der Waals surface area contributed by atoms with Crippen molar-refractivity contribution in [3.8, 4) is 0 Å². The van der Waals surface area contributed by atoms with Crippen LogP contribution in [0.3, 0.4) is 0 Å². The highest BCUT2D eigenvalue weighted by Crippen LogP contribution is 2.39. The van der Waals surface area contributed by atoms with E-state index in [1.807, 2.05) is 0 Å². The van der Waals surface area contributed by atoms with E-state index in [0.717, 1.165) is 17.5 Å². The number of thiazole rings is 1. The molecule has 1 unspecified atom stereocenters. The molecule has 0 saturated carbocycles. The first-order chi connectivity index (χ1) is 6.47. The molecular weight excluding hydrogens is 228 g/mol. The summed E-state index contributed by atoms with van der Waals surface area (Å²) < 4.78 is 0. The lowest BCUT2D eigenvalue weighted by molar-refractivity contribution is 0.217. The van der Waals surface area contributed by atoms with Crippen LogP contribution >= 0.6 is 23.7 Å². The van der Waals surface area contributed by atoms with Crippen molar-refractivity contribution in [1.82, 2.24) is 4.98 Å². The van der Waals surface area contributed by atoms with E-state index >= 15 is 0 Å². The first kappa shape index (κ1) is 12.8. The zero-order valence-electron chi connectivity index (χ0n) is 9.54. The fourth-order valence-electron chi connectivity index (χ4n) is 2.13. The molecular formula is C11H19ClN2S. The number of nitrogens with zero attached hydrogens (tertiary/aromatic N) is 1. The normalized spacial score (nSPS) is 20.6. The van der Waals surface area contributed by atoms with Crippen molar-refractivity contribution in [1.29, 1.82) is 0 Å². The number of nitrogens with two attached hydrogens (primary N) is 1. The molecule has 15 heavy (non-hydrogen) atoms. The minimum atomic E-state index is 0. The smallest absolute Gasteiger partial charge is 0.180 e. The van der Waals surface area contributed by atoms with Gasteiger partial charge in [-0.25, -0.2) is 4.98 Å². The molecule has 86 valence electrons. The Morgan fingerprint density at radius 2 is 2.07 bits per heavy atom. The molecule has 1 aromatic heterocycles. The summed E-state index contributed by atoms with van der Waals surface area (Å²) in [5.74, 6) is 0.787. The Morgan fingerprint density at radius 1 is 1.40 bits per heavy atom. The Kier molecular flexibility index (Phi) is 3.67. The maximum atomic E-state index is 5.72. The van der Waals surface area contributed by atoms with E-state index in [1.54, 1.807) is 11.3 Å². The monoisotopic (exact) mass is 246 g/mol. The van der Waals surface area contributed by atoms with Gasteiger partial charge in [0.1, 0.15) is 0 Å². The minimum absolute atomic E-state index is 0. The number of hydrogen-bond acceptors (Lipinski definition) is 3. The van der Waals surface area contributed by atoms with E-state index in [1.165, 1.54) is 23.4 Å². The van der Waals surface area contributed by atoms with Gasteiger partial charge in [0.25, 0.3) is 0 Å². The Bertz CT molecular complexity index is 341. The van der Waals surface area contributed by atoms with Gasteiger partial charge in [-0.2, -0.15) is 0 Å². The van der Waals surface area contributed by atoms with Crippen LogP contribution in [-0.2, 0) is 12.8 Å². The standard InChI is InChI=1S/C11H18N2S.ClH/c1-11(2,3)7-4-5-8-9(6-7)14-10(12)13-8;/h7H,4-6H2,1-3H3,(H2,12,13);1H. The number of aryl methyl sites for hydroxylation is 1. The Hall–Kier alpha value is -0.280. The third-order valence-electron chi connectivity index (χ3n) is 3.18. The van der Waals surface area contributed by atoms with Gasteiger partial charge in [0.2, 0.25) is 0 Å². The van der Waals surface area contributed by atoms with Crippen molar-refractivity contribution in [2.75, 3.05) is 5.73 Å². The zero-order chi connectivity index (χ0) is 10.3. The number of fused-ring (bicyclic) bond motifs is 1. The van der Waals surface area contributed by atoms with Gasteiger partial charge in [0.05, 0.1) is 5.69 Å². The van der Waals surface area contributed by atoms with Crippen LogP contribution in [0.2, 0.25) is 0 Å². The Morgan fingerprint density at radius 3 is 2.67 bits per heavy atom. The molecule has 0 amide bonds. The van der Waals surface area contributed by atoms with Crippen LogP contribution in [0.5, 0.6) is 0 Å². The largest absolute Gasteiger partial charge is 0.375 e. The molecule has 0 bridgehead atoms. The van der Waals surface area contributed by atoms with E-state index in [-0.39, 0.29) is 12.4 Å². The highest BCUT2D eigenvalue weighted by atomic mass is 35.5. The molecule has 0 saturated heterocycles. The molecule has 2 nitrogen and oxygen atoms in total. The molecule has 0 radical (unpaired) electrons. The van der Waals surface area contributed by atoms with Crippen LogP contribution in [0.1, 0.15) is 37.8 Å². The Labute approximate surface area is 102 Å². The molecule has 2 rings (SSSR count). The summed E-state index contributed by atoms with van der Waals surface area (Å²) in [6.45, 7) is 6.98. The van der Waals surface area contributed by atoms with Gasteiger partial charge < -0.3 is 5.73 Å². The lowest BCUT2D eigenvalue weighted by atomic mass is 9.73. The number of halogens is 1. The quantitative estimate of drug-likeness (QED) is 0.763. The number of anilines is 1. The van der Waals surface area contributed by atoms with E-state index in [4.69, 9.17) is 5.73 Å². The van der Waals surface area contributed by atoms with Gasteiger partial charge in [0.15, 0.2) is 5.13 Å². The van der Waals surface area contributed by atoms with Crippen molar-refractivity contribution in [3.63, 3.8) is 0 Å². The van der Waals surface area contributed by atoms with Gasteiger partial charge in [0, 0.05) is 4.88 Å². The zero-order valence-corrected chi connectivity index (χ0v) is 11.2. The van der Waals surface area contributed by atoms with Crippen molar-refractivity contribution < 1.29 is 0 Å². The second-order valence-corrected chi connectivity index (χ2v) is 6.34. The molecule has 2 N–H and O–H groups in total. The molecule has 0 aromatic carbocycles. The SMILES string of the molecule is CC(C)(C)C1CCc2nc(N)sc2C1.Cl. The molecule has 4 heteroatoms. The number of aromatic nitrogens is 1. The predicted molar refractivity (Wildman–Crippen MR) is 68.7 cm³/mol. The third-order valence-corrected chi connectivity index (χ3v) is 4.13. The summed E-state index contributed by atoms with van der Waals surface area (Å²) in [6.07, 6.45) is 3.55. The van der Waals surface area contributed by atoms with Gasteiger partial charge >= 0.3 is 0 Å². The van der Waals surface area contributed by atoms with E-state index in [9.17, 15) is 0 Å². The summed E-state index contributed by atoms with van der Waals surface area (Å²) in [4.78, 5) is 5.79. The van der Waals surface area contributed by atoms with Crippen LogP contribution in [0, 0.1) is 11.3 Å². The van der Waals surface area contributed by atoms with Gasteiger partial charge in [-0.3, -0.25) is 0 Å². The second kappa shape index (κ2) is 4.30. The topological polar surface area (TPSA) is 38.9 Å². The minimum Gasteiger partial charge on any atom is -0.375 e. The summed E-state index contributed by atoms with van der Waals surface area (Å²) in [5.41, 5.74) is 7.39. The van der Waals surface area contributed by atoms with Crippen LogP contribution in [0.25, 0.3) is 0 Å². The molecule has 1 aliphatic carbocycles. The maximum absolute atomic E-state index is 5.72. The van der Waals surface area contributed by atoms with Crippen LogP contribution in [0.15, 0.2) is 0 Å². The number of hydrogen-bond donors (Lipinski definition) is 1. The summed E-state index contributed by atoms with van der Waals surface area (Å²) in [7, 11) is 0. The molecule has 0 spiro atoms. The number of nitrogen functional groups attached to an aromatic ring is 1. The van der Waals surface area contributed by atoms with E-state index < -0.39 is 0 Å². The van der Waals surface area contributed by atoms with Crippen molar-refractivity contribution in [2.24, 2.45) is 11.3 Å². The summed E-state index contributed by atoms with van der Waals surface area (Å²) in [6, 6.07) is 0. The summed E-state index contributed by atoms with van der Waals surface area (Å²) in [5, 5.41) is 0.740. The van der Waals surface area contributed by atoms with Crippen LogP contribution in [-0.4, -0.2) is 4.98 Å². The van der Waals surface area contributed by atoms with Crippen molar-refractivity contribution >= 4 is 28.9 Å². The van der Waals surface area contributed by atoms with Crippen LogP contribution in [0.4, 0.5) is 5.13 Å². The van der Waals surface area contributed by atoms with Gasteiger partial charge in [-0.15, -0.1) is 23.7 Å². The second-order valence-electron chi connectivity index (χ2n) is 5.23. The first-order valence-electron chi connectivity index (χ1n) is 5.21. The predicted octanol–water partition coefficient (Wildman–Crippen LogP) is 3.30. The van der Waals surface area contributed by atoms with Gasteiger partial charge in [-0.05, 0) is 30.6 Å².